The quantitative estimate of drug-likeness (QED) is 0.604. The summed E-state index contributed by atoms with van der Waals surface area (Å²) in [6.45, 7) is -0.686. The lowest BCUT2D eigenvalue weighted by molar-refractivity contribution is -0.154. The van der Waals surface area contributed by atoms with Crippen LogP contribution in [0.3, 0.4) is 0 Å². The fourth-order valence-corrected chi connectivity index (χ4v) is 2.86. The van der Waals surface area contributed by atoms with E-state index in [1.165, 1.54) is 0 Å². The number of hydrogen-bond acceptors (Lipinski definition) is 7. The Balaban J connectivity index is 1.67. The van der Waals surface area contributed by atoms with Gasteiger partial charge >= 0.3 is 11.9 Å². The molecule has 0 bridgehead atoms. The SMILES string of the molecule is CN(C)c1ccc(C(=O)OCC2(CO)C/C(=C\c3ccccn3)C(=O)O2)cc1. The van der Waals surface area contributed by atoms with Gasteiger partial charge in [-0.25, -0.2) is 9.59 Å². The molecule has 3 rings (SSSR count). The van der Waals surface area contributed by atoms with Crippen molar-refractivity contribution in [2.24, 2.45) is 0 Å². The smallest absolute Gasteiger partial charge is 0.338 e. The molecule has 1 aliphatic rings. The normalized spacial score (nSPS) is 20.1. The third kappa shape index (κ3) is 4.37. The van der Waals surface area contributed by atoms with Crippen molar-refractivity contribution < 1.29 is 24.2 Å². The summed E-state index contributed by atoms with van der Waals surface area (Å²) in [4.78, 5) is 30.6. The van der Waals surface area contributed by atoms with E-state index >= 15 is 0 Å². The molecule has 1 fully saturated rings. The maximum atomic E-state index is 12.3. The Morgan fingerprint density at radius 2 is 2.04 bits per heavy atom. The third-order valence-electron chi connectivity index (χ3n) is 4.47. The largest absolute Gasteiger partial charge is 0.458 e. The number of cyclic esters (lactones) is 1. The first kappa shape index (κ1) is 19.6. The Bertz CT molecular complexity index is 877. The van der Waals surface area contributed by atoms with Crippen molar-refractivity contribution in [2.75, 3.05) is 32.2 Å². The topological polar surface area (TPSA) is 89.0 Å². The number of aliphatic hydroxyl groups excluding tert-OH is 1. The summed E-state index contributed by atoms with van der Waals surface area (Å²) in [6.07, 6.45) is 3.36. The van der Waals surface area contributed by atoms with Crippen molar-refractivity contribution in [2.45, 2.75) is 12.0 Å². The zero-order valence-electron chi connectivity index (χ0n) is 15.8. The van der Waals surface area contributed by atoms with Gasteiger partial charge in [0.15, 0.2) is 5.60 Å². The summed E-state index contributed by atoms with van der Waals surface area (Å²) in [5, 5.41) is 9.78. The maximum Gasteiger partial charge on any atom is 0.338 e. The highest BCUT2D eigenvalue weighted by atomic mass is 16.6. The number of pyridine rings is 1. The van der Waals surface area contributed by atoms with Crippen molar-refractivity contribution in [1.82, 2.24) is 4.98 Å². The lowest BCUT2D eigenvalue weighted by Crippen LogP contribution is -2.39. The Labute approximate surface area is 163 Å². The first-order chi connectivity index (χ1) is 13.4. The number of aliphatic hydroxyl groups is 1. The molecule has 2 aromatic rings. The molecule has 7 heteroatoms. The van der Waals surface area contributed by atoms with Crippen LogP contribution in [0.15, 0.2) is 54.2 Å². The number of ether oxygens (including phenoxy) is 2. The maximum absolute atomic E-state index is 12.3. The second-order valence-corrected chi connectivity index (χ2v) is 6.85. The van der Waals surface area contributed by atoms with E-state index in [-0.39, 0.29) is 13.0 Å². The molecule has 2 heterocycles. The molecule has 1 saturated heterocycles. The van der Waals surface area contributed by atoms with Crippen molar-refractivity contribution in [3.05, 3.63) is 65.5 Å². The number of carbonyl (C=O) groups is 2. The molecule has 1 N–H and O–H groups in total. The van der Waals surface area contributed by atoms with Crippen molar-refractivity contribution >= 4 is 23.7 Å². The molecule has 28 heavy (non-hydrogen) atoms. The molecule has 1 aromatic heterocycles. The molecule has 0 aliphatic carbocycles. The average Bonchev–Trinajstić information content (AvgIpc) is 3.03. The standard InChI is InChI=1S/C21H22N2O5/c1-23(2)18-8-6-15(7-9-18)19(25)27-14-21(13-24)12-16(20(26)28-21)11-17-5-3-4-10-22-17/h3-11,24H,12-14H2,1-2H3/b16-11+. The molecule has 0 radical (unpaired) electrons. The molecule has 1 unspecified atom stereocenters. The lowest BCUT2D eigenvalue weighted by Gasteiger charge is -2.24. The van der Waals surface area contributed by atoms with Gasteiger partial charge in [-0.05, 0) is 42.5 Å². The van der Waals surface area contributed by atoms with Crippen LogP contribution in [0.1, 0.15) is 22.5 Å². The van der Waals surface area contributed by atoms with Gasteiger partial charge < -0.3 is 19.5 Å². The van der Waals surface area contributed by atoms with Gasteiger partial charge in [-0.3, -0.25) is 4.98 Å². The molecule has 146 valence electrons. The summed E-state index contributed by atoms with van der Waals surface area (Å²) in [5.41, 5.74) is 1.04. The van der Waals surface area contributed by atoms with Gasteiger partial charge in [-0.15, -0.1) is 0 Å². The van der Waals surface area contributed by atoms with E-state index in [1.54, 1.807) is 36.5 Å². The van der Waals surface area contributed by atoms with Crippen LogP contribution in [-0.2, 0) is 14.3 Å². The predicted octanol–water partition coefficient (Wildman–Crippen LogP) is 2.07. The summed E-state index contributed by atoms with van der Waals surface area (Å²) >= 11 is 0. The van der Waals surface area contributed by atoms with Gasteiger partial charge in [0.05, 0.1) is 17.9 Å². The number of rotatable bonds is 6. The fourth-order valence-electron chi connectivity index (χ4n) is 2.86. The summed E-state index contributed by atoms with van der Waals surface area (Å²) in [5.74, 6) is -1.09. The Morgan fingerprint density at radius 3 is 2.64 bits per heavy atom. The summed E-state index contributed by atoms with van der Waals surface area (Å²) in [6, 6.07) is 12.3. The molecule has 1 atom stereocenters. The molecular formula is C21H22N2O5. The van der Waals surface area contributed by atoms with Crippen LogP contribution >= 0.6 is 0 Å². The number of benzene rings is 1. The molecule has 1 aromatic carbocycles. The van der Waals surface area contributed by atoms with E-state index in [4.69, 9.17) is 9.47 Å². The lowest BCUT2D eigenvalue weighted by atomic mass is 9.98. The average molecular weight is 382 g/mol. The second kappa shape index (κ2) is 8.22. The minimum Gasteiger partial charge on any atom is -0.458 e. The van der Waals surface area contributed by atoms with Crippen LogP contribution in [0.25, 0.3) is 6.08 Å². The van der Waals surface area contributed by atoms with Gasteiger partial charge in [0.1, 0.15) is 6.61 Å². The number of esters is 2. The highest BCUT2D eigenvalue weighted by Gasteiger charge is 2.44. The van der Waals surface area contributed by atoms with E-state index in [9.17, 15) is 14.7 Å². The number of nitrogens with zero attached hydrogens (tertiary/aromatic N) is 2. The first-order valence-corrected chi connectivity index (χ1v) is 8.83. The van der Waals surface area contributed by atoms with E-state index in [0.29, 0.717) is 16.8 Å². The highest BCUT2D eigenvalue weighted by molar-refractivity contribution is 5.96. The number of carbonyl (C=O) groups excluding carboxylic acids is 2. The Morgan fingerprint density at radius 1 is 1.29 bits per heavy atom. The van der Waals surface area contributed by atoms with Crippen molar-refractivity contribution in [1.29, 1.82) is 0 Å². The van der Waals surface area contributed by atoms with Crippen LogP contribution in [0.2, 0.25) is 0 Å². The molecule has 0 spiro atoms. The first-order valence-electron chi connectivity index (χ1n) is 8.83. The monoisotopic (exact) mass is 382 g/mol. The van der Waals surface area contributed by atoms with Crippen LogP contribution in [-0.4, -0.2) is 54.9 Å². The van der Waals surface area contributed by atoms with Gasteiger partial charge in [0.25, 0.3) is 0 Å². The molecule has 7 nitrogen and oxygen atoms in total. The van der Waals surface area contributed by atoms with E-state index in [0.717, 1.165) is 5.69 Å². The van der Waals surface area contributed by atoms with Gasteiger partial charge in [-0.1, -0.05) is 6.07 Å². The zero-order valence-corrected chi connectivity index (χ0v) is 15.8. The van der Waals surface area contributed by atoms with E-state index < -0.39 is 24.1 Å². The molecule has 0 saturated carbocycles. The van der Waals surface area contributed by atoms with Crippen LogP contribution in [0, 0.1) is 0 Å². The van der Waals surface area contributed by atoms with Crippen LogP contribution in [0.4, 0.5) is 5.69 Å². The van der Waals surface area contributed by atoms with Crippen LogP contribution in [0.5, 0.6) is 0 Å². The van der Waals surface area contributed by atoms with Gasteiger partial charge in [0.2, 0.25) is 0 Å². The highest BCUT2D eigenvalue weighted by Crippen LogP contribution is 2.32. The fraction of sp³-hybridized carbons (Fsp3) is 0.286. The third-order valence-corrected chi connectivity index (χ3v) is 4.47. The minimum atomic E-state index is -1.28. The van der Waals surface area contributed by atoms with E-state index in [1.807, 2.05) is 37.2 Å². The number of hydrogen-bond donors (Lipinski definition) is 1. The summed E-state index contributed by atoms with van der Waals surface area (Å²) in [7, 11) is 3.81. The Kier molecular flexibility index (Phi) is 5.75. The Hall–Kier alpha value is -3.19. The van der Waals surface area contributed by atoms with Gasteiger partial charge in [0, 0.05) is 38.0 Å². The van der Waals surface area contributed by atoms with Gasteiger partial charge in [-0.2, -0.15) is 0 Å². The second-order valence-electron chi connectivity index (χ2n) is 6.85. The van der Waals surface area contributed by atoms with E-state index in [2.05, 4.69) is 4.98 Å². The minimum absolute atomic E-state index is 0.131. The van der Waals surface area contributed by atoms with Crippen molar-refractivity contribution in [3.63, 3.8) is 0 Å². The predicted molar refractivity (Wildman–Crippen MR) is 104 cm³/mol. The zero-order chi connectivity index (χ0) is 20.1. The summed E-state index contributed by atoms with van der Waals surface area (Å²) < 4.78 is 10.7. The number of anilines is 1. The number of aromatic nitrogens is 1. The molecule has 0 amide bonds. The molecular weight excluding hydrogens is 360 g/mol. The van der Waals surface area contributed by atoms with Crippen molar-refractivity contribution in [3.8, 4) is 0 Å². The molecule has 1 aliphatic heterocycles. The van der Waals surface area contributed by atoms with Crippen LogP contribution < -0.4 is 4.90 Å².